The lowest BCUT2D eigenvalue weighted by Crippen LogP contribution is -2.12. The second-order valence-corrected chi connectivity index (χ2v) is 6.39. The second kappa shape index (κ2) is 7.87. The van der Waals surface area contributed by atoms with E-state index in [0.29, 0.717) is 0 Å². The Hall–Kier alpha value is -3.40. The number of aliphatic carboxylic acids is 1. The van der Waals surface area contributed by atoms with Gasteiger partial charge in [0.1, 0.15) is 0 Å². The fourth-order valence-electron chi connectivity index (χ4n) is 3.45. The normalized spacial score (nSPS) is 12.9. The Balaban J connectivity index is 0.000000226. The summed E-state index contributed by atoms with van der Waals surface area (Å²) >= 11 is 0. The fourth-order valence-corrected chi connectivity index (χ4v) is 3.45. The highest BCUT2D eigenvalue weighted by atomic mass is 16.4. The van der Waals surface area contributed by atoms with Gasteiger partial charge in [-0.3, -0.25) is 9.59 Å². The van der Waals surface area contributed by atoms with Crippen LogP contribution in [0.5, 0.6) is 0 Å². The molecule has 0 aromatic heterocycles. The van der Waals surface area contributed by atoms with Gasteiger partial charge in [0.05, 0.1) is 11.8 Å². The van der Waals surface area contributed by atoms with Crippen LogP contribution in [-0.2, 0) is 15.0 Å². The van der Waals surface area contributed by atoms with Gasteiger partial charge in [-0.05, 0) is 22.3 Å². The standard InChI is InChI=1S/C19H14.C4H7NO3/c1-3-9-15(10-4-1)19(16-11-5-2-6-12-16)17-13-7-8-14-18(17)19;5-3(6)1-2-4(7)8/h1-14H;1-2H2,(H2,5,6)(H,7,8). The average molecular weight is 359 g/mol. The molecular weight excluding hydrogens is 338 g/mol. The zero-order valence-electron chi connectivity index (χ0n) is 14.8. The smallest absolute Gasteiger partial charge is 0.303 e. The predicted octanol–water partition coefficient (Wildman–Crippen LogP) is 3.72. The van der Waals surface area contributed by atoms with E-state index in [2.05, 4.69) is 90.7 Å². The average Bonchev–Trinajstić information content (AvgIpc) is 3.38. The highest BCUT2D eigenvalue weighted by molar-refractivity contribution is 5.79. The van der Waals surface area contributed by atoms with Gasteiger partial charge in [0.2, 0.25) is 5.91 Å². The number of carbonyl (C=O) groups excluding carboxylic acids is 1. The molecule has 136 valence electrons. The first-order valence-corrected chi connectivity index (χ1v) is 8.78. The molecule has 0 spiro atoms. The van der Waals surface area contributed by atoms with Crippen molar-refractivity contribution in [1.82, 2.24) is 0 Å². The molecule has 0 saturated carbocycles. The van der Waals surface area contributed by atoms with Gasteiger partial charge in [0, 0.05) is 6.42 Å². The number of carboxylic acid groups (broad SMARTS) is 1. The number of fused-ring (bicyclic) bond motifs is 1. The van der Waals surface area contributed by atoms with Crippen molar-refractivity contribution in [1.29, 1.82) is 0 Å². The monoisotopic (exact) mass is 359 g/mol. The number of rotatable bonds is 5. The second-order valence-electron chi connectivity index (χ2n) is 6.39. The maximum atomic E-state index is 9.86. The zero-order chi connectivity index (χ0) is 19.3. The van der Waals surface area contributed by atoms with Gasteiger partial charge in [0.15, 0.2) is 0 Å². The van der Waals surface area contributed by atoms with Crippen molar-refractivity contribution in [3.8, 4) is 0 Å². The van der Waals surface area contributed by atoms with E-state index >= 15 is 0 Å². The minimum atomic E-state index is -0.996. The molecule has 1 amide bonds. The van der Waals surface area contributed by atoms with Crippen LogP contribution in [0.1, 0.15) is 35.1 Å². The number of carbonyl (C=O) groups is 2. The maximum absolute atomic E-state index is 9.86. The van der Waals surface area contributed by atoms with Crippen LogP contribution in [0.3, 0.4) is 0 Å². The van der Waals surface area contributed by atoms with Crippen molar-refractivity contribution < 1.29 is 14.7 Å². The van der Waals surface area contributed by atoms with E-state index in [1.807, 2.05) is 0 Å². The quantitative estimate of drug-likeness (QED) is 0.570. The Morgan fingerprint density at radius 3 is 1.44 bits per heavy atom. The molecule has 3 aromatic rings. The molecular formula is C23H21NO3. The van der Waals surface area contributed by atoms with Crippen molar-refractivity contribution in [2.24, 2.45) is 5.73 Å². The fraction of sp³-hybridized carbons (Fsp3) is 0.130. The van der Waals surface area contributed by atoms with Crippen molar-refractivity contribution in [3.63, 3.8) is 0 Å². The molecule has 4 heteroatoms. The van der Waals surface area contributed by atoms with Crippen LogP contribution >= 0.6 is 0 Å². The number of hydrogen-bond donors (Lipinski definition) is 2. The molecule has 4 nitrogen and oxygen atoms in total. The molecule has 0 fully saturated rings. The van der Waals surface area contributed by atoms with Gasteiger partial charge in [-0.25, -0.2) is 0 Å². The van der Waals surface area contributed by atoms with Gasteiger partial charge >= 0.3 is 5.97 Å². The van der Waals surface area contributed by atoms with Crippen molar-refractivity contribution in [2.45, 2.75) is 18.3 Å². The summed E-state index contributed by atoms with van der Waals surface area (Å²) in [6.07, 6.45) is -0.245. The third-order valence-corrected chi connectivity index (χ3v) is 4.67. The maximum Gasteiger partial charge on any atom is 0.303 e. The van der Waals surface area contributed by atoms with Gasteiger partial charge in [0.25, 0.3) is 0 Å². The van der Waals surface area contributed by atoms with Crippen LogP contribution in [0.4, 0.5) is 0 Å². The number of hydrogen-bond acceptors (Lipinski definition) is 2. The summed E-state index contributed by atoms with van der Waals surface area (Å²) in [5.41, 5.74) is 10.2. The number of primary amides is 1. The lowest BCUT2D eigenvalue weighted by Gasteiger charge is -2.17. The molecule has 0 aliphatic heterocycles. The van der Waals surface area contributed by atoms with Crippen LogP contribution < -0.4 is 5.73 Å². The van der Waals surface area contributed by atoms with Gasteiger partial charge < -0.3 is 10.8 Å². The molecule has 3 N–H and O–H groups in total. The Labute approximate surface area is 158 Å². The molecule has 0 atom stereocenters. The van der Waals surface area contributed by atoms with Gasteiger partial charge in [-0.1, -0.05) is 84.9 Å². The highest BCUT2D eigenvalue weighted by Gasteiger charge is 2.52. The molecule has 0 bridgehead atoms. The van der Waals surface area contributed by atoms with Crippen LogP contribution in [0.15, 0.2) is 84.9 Å². The Bertz CT molecular complexity index is 858. The summed E-state index contributed by atoms with van der Waals surface area (Å²) in [7, 11) is 0. The Morgan fingerprint density at radius 1 is 0.704 bits per heavy atom. The van der Waals surface area contributed by atoms with Crippen molar-refractivity contribution in [3.05, 3.63) is 107 Å². The van der Waals surface area contributed by atoms with E-state index in [9.17, 15) is 9.59 Å². The largest absolute Gasteiger partial charge is 0.481 e. The van der Waals surface area contributed by atoms with E-state index in [4.69, 9.17) is 5.11 Å². The first-order valence-electron chi connectivity index (χ1n) is 8.78. The van der Waals surface area contributed by atoms with Crippen LogP contribution in [0.2, 0.25) is 0 Å². The Kier molecular flexibility index (Phi) is 5.36. The van der Waals surface area contributed by atoms with Crippen molar-refractivity contribution in [2.75, 3.05) is 0 Å². The molecule has 0 unspecified atom stereocenters. The summed E-state index contributed by atoms with van der Waals surface area (Å²) in [6.45, 7) is 0. The van der Waals surface area contributed by atoms with Crippen molar-refractivity contribution >= 4 is 11.9 Å². The third-order valence-electron chi connectivity index (χ3n) is 4.67. The molecule has 0 radical (unpaired) electrons. The first-order chi connectivity index (χ1) is 13.1. The summed E-state index contributed by atoms with van der Waals surface area (Å²) in [5.74, 6) is -1.57. The number of carboxylic acids is 1. The SMILES string of the molecule is NC(=O)CCC(=O)O.c1ccc(C2(c3ccccc3)c3ccccc32)cc1. The van der Waals surface area contributed by atoms with Crippen LogP contribution in [0.25, 0.3) is 0 Å². The molecule has 0 heterocycles. The number of benzene rings is 3. The minimum absolute atomic E-state index is 0.00792. The summed E-state index contributed by atoms with van der Waals surface area (Å²) in [4.78, 5) is 19.6. The molecule has 27 heavy (non-hydrogen) atoms. The van der Waals surface area contributed by atoms with E-state index in [-0.39, 0.29) is 18.3 Å². The number of nitrogens with two attached hydrogens (primary N) is 1. The Morgan fingerprint density at radius 2 is 1.11 bits per heavy atom. The molecule has 4 rings (SSSR count). The summed E-state index contributed by atoms with van der Waals surface area (Å²) in [6, 6.07) is 30.3. The molecule has 0 saturated heterocycles. The zero-order valence-corrected chi connectivity index (χ0v) is 14.8. The minimum Gasteiger partial charge on any atom is -0.481 e. The lowest BCUT2D eigenvalue weighted by molar-refractivity contribution is -0.138. The van der Waals surface area contributed by atoms with Gasteiger partial charge in [-0.15, -0.1) is 0 Å². The van der Waals surface area contributed by atoms with Gasteiger partial charge in [-0.2, -0.15) is 0 Å². The topological polar surface area (TPSA) is 80.4 Å². The lowest BCUT2D eigenvalue weighted by atomic mass is 9.84. The number of amides is 1. The van der Waals surface area contributed by atoms with Crippen LogP contribution in [0, 0.1) is 0 Å². The highest BCUT2D eigenvalue weighted by Crippen LogP contribution is 2.58. The summed E-state index contributed by atoms with van der Waals surface area (Å²) < 4.78 is 0. The molecule has 3 aromatic carbocycles. The molecule has 1 aliphatic carbocycles. The summed E-state index contributed by atoms with van der Waals surface area (Å²) in [5, 5.41) is 7.95. The van der Waals surface area contributed by atoms with E-state index in [0.717, 1.165) is 0 Å². The first kappa shape index (κ1) is 18.4. The van der Waals surface area contributed by atoms with E-state index in [1.165, 1.54) is 22.3 Å². The van der Waals surface area contributed by atoms with E-state index < -0.39 is 11.9 Å². The third kappa shape index (κ3) is 3.75. The molecule has 1 aliphatic rings. The van der Waals surface area contributed by atoms with Crippen LogP contribution in [-0.4, -0.2) is 17.0 Å². The van der Waals surface area contributed by atoms with E-state index in [1.54, 1.807) is 0 Å². The predicted molar refractivity (Wildman–Crippen MR) is 104 cm³/mol.